The number of nitrogens with zero attached hydrogens (tertiary/aromatic N) is 2. The summed E-state index contributed by atoms with van der Waals surface area (Å²) in [4.78, 5) is 14.1. The number of aromatic nitrogens is 1. The Kier molecular flexibility index (Phi) is 2.74. The van der Waals surface area contributed by atoms with E-state index in [1.165, 1.54) is 12.3 Å². The van der Waals surface area contributed by atoms with Crippen molar-refractivity contribution in [3.63, 3.8) is 0 Å². The van der Waals surface area contributed by atoms with E-state index < -0.39 is 0 Å². The van der Waals surface area contributed by atoms with Gasteiger partial charge in [-0.3, -0.25) is 9.78 Å². The summed E-state index contributed by atoms with van der Waals surface area (Å²) in [6, 6.07) is 5.18. The average molecular weight is 158 g/mol. The second-order valence-corrected chi connectivity index (χ2v) is 2.10. The number of nitriles is 1. The van der Waals surface area contributed by atoms with E-state index in [1.54, 1.807) is 18.2 Å². The third kappa shape index (κ3) is 2.03. The van der Waals surface area contributed by atoms with Crippen LogP contribution in [0.15, 0.2) is 24.4 Å². The molecule has 0 amide bonds. The summed E-state index contributed by atoms with van der Waals surface area (Å²) in [6.07, 6.45) is 5.10. The molecule has 1 rings (SSSR count). The van der Waals surface area contributed by atoms with Crippen molar-refractivity contribution in [2.45, 2.75) is 0 Å². The first kappa shape index (κ1) is 8.15. The Labute approximate surface area is 70.0 Å². The van der Waals surface area contributed by atoms with Crippen LogP contribution in [-0.2, 0) is 0 Å². The molecular formula is C9H6N2O. The molecule has 0 atom stereocenters. The fourth-order valence-corrected chi connectivity index (χ4v) is 0.708. The van der Waals surface area contributed by atoms with Gasteiger partial charge in [0.1, 0.15) is 0 Å². The van der Waals surface area contributed by atoms with E-state index >= 15 is 0 Å². The van der Waals surface area contributed by atoms with Crippen molar-refractivity contribution < 1.29 is 4.79 Å². The molecule has 58 valence electrons. The summed E-state index contributed by atoms with van der Waals surface area (Å²) in [5.74, 6) is 0. The standard InChI is InChI=1S/C9H6N2O/c10-5-1-2-9-4-3-8(7-12)6-11-9/h1-4,6-7H. The molecule has 0 aliphatic heterocycles. The van der Waals surface area contributed by atoms with E-state index in [1.807, 2.05) is 6.07 Å². The third-order valence-corrected chi connectivity index (χ3v) is 1.27. The van der Waals surface area contributed by atoms with Crippen molar-refractivity contribution >= 4 is 12.4 Å². The maximum Gasteiger partial charge on any atom is 0.151 e. The van der Waals surface area contributed by atoms with Gasteiger partial charge in [0.15, 0.2) is 6.29 Å². The fraction of sp³-hybridized carbons (Fsp3) is 0. The van der Waals surface area contributed by atoms with Crippen LogP contribution in [0.2, 0.25) is 0 Å². The van der Waals surface area contributed by atoms with Gasteiger partial charge in [0, 0.05) is 17.8 Å². The Hall–Kier alpha value is -1.95. The minimum atomic E-state index is 0.532. The molecule has 0 unspecified atom stereocenters. The van der Waals surface area contributed by atoms with Crippen molar-refractivity contribution in [1.29, 1.82) is 5.26 Å². The highest BCUT2D eigenvalue weighted by Crippen LogP contribution is 1.99. The minimum Gasteiger partial charge on any atom is -0.298 e. The zero-order chi connectivity index (χ0) is 8.81. The van der Waals surface area contributed by atoms with E-state index in [9.17, 15) is 4.79 Å². The second kappa shape index (κ2) is 4.04. The summed E-state index contributed by atoms with van der Waals surface area (Å²) in [5, 5.41) is 8.21. The normalized spacial score (nSPS) is 9.58. The zero-order valence-electron chi connectivity index (χ0n) is 6.27. The lowest BCUT2D eigenvalue weighted by Gasteiger charge is -1.90. The van der Waals surface area contributed by atoms with Crippen LogP contribution in [0.5, 0.6) is 0 Å². The van der Waals surface area contributed by atoms with Crippen LogP contribution in [0.25, 0.3) is 6.08 Å². The van der Waals surface area contributed by atoms with Crippen LogP contribution in [0.4, 0.5) is 0 Å². The third-order valence-electron chi connectivity index (χ3n) is 1.27. The highest BCUT2D eigenvalue weighted by molar-refractivity contribution is 5.74. The molecule has 0 radical (unpaired) electrons. The Morgan fingerprint density at radius 2 is 2.33 bits per heavy atom. The lowest BCUT2D eigenvalue weighted by atomic mass is 10.2. The number of hydrogen-bond acceptors (Lipinski definition) is 3. The van der Waals surface area contributed by atoms with Crippen molar-refractivity contribution in [3.8, 4) is 6.07 Å². The van der Waals surface area contributed by atoms with Gasteiger partial charge in [-0.15, -0.1) is 0 Å². The Balaban J connectivity index is 2.86. The first-order valence-electron chi connectivity index (χ1n) is 3.34. The van der Waals surface area contributed by atoms with Gasteiger partial charge >= 0.3 is 0 Å². The molecule has 12 heavy (non-hydrogen) atoms. The van der Waals surface area contributed by atoms with Crippen LogP contribution in [0.3, 0.4) is 0 Å². The summed E-state index contributed by atoms with van der Waals surface area (Å²) in [5.41, 5.74) is 1.20. The molecule has 0 saturated carbocycles. The van der Waals surface area contributed by atoms with Gasteiger partial charge in [-0.2, -0.15) is 5.26 Å². The molecule has 3 heteroatoms. The molecule has 1 aromatic rings. The average Bonchev–Trinajstić information content (AvgIpc) is 2.15. The maximum absolute atomic E-state index is 10.2. The molecular weight excluding hydrogens is 152 g/mol. The van der Waals surface area contributed by atoms with Crippen LogP contribution < -0.4 is 0 Å². The Bertz CT molecular complexity index is 333. The van der Waals surface area contributed by atoms with E-state index in [2.05, 4.69) is 4.98 Å². The van der Waals surface area contributed by atoms with E-state index in [4.69, 9.17) is 5.26 Å². The van der Waals surface area contributed by atoms with Crippen molar-refractivity contribution in [2.75, 3.05) is 0 Å². The number of pyridine rings is 1. The number of rotatable bonds is 2. The second-order valence-electron chi connectivity index (χ2n) is 2.10. The summed E-state index contributed by atoms with van der Waals surface area (Å²) >= 11 is 0. The first-order chi connectivity index (χ1) is 5.86. The monoisotopic (exact) mass is 158 g/mol. The van der Waals surface area contributed by atoms with Gasteiger partial charge in [-0.05, 0) is 18.2 Å². The van der Waals surface area contributed by atoms with Gasteiger partial charge in [0.05, 0.1) is 11.8 Å². The summed E-state index contributed by atoms with van der Waals surface area (Å²) in [6.45, 7) is 0. The molecule has 0 fully saturated rings. The number of carbonyl (C=O) groups excluding carboxylic acids is 1. The molecule has 0 aliphatic carbocycles. The molecule has 1 aromatic heterocycles. The van der Waals surface area contributed by atoms with E-state index in [0.29, 0.717) is 11.3 Å². The van der Waals surface area contributed by atoms with Crippen molar-refractivity contribution in [3.05, 3.63) is 35.7 Å². The van der Waals surface area contributed by atoms with Gasteiger partial charge in [0.25, 0.3) is 0 Å². The van der Waals surface area contributed by atoms with E-state index in [-0.39, 0.29) is 0 Å². The Morgan fingerprint density at radius 3 is 2.83 bits per heavy atom. The molecule has 0 aliphatic rings. The minimum absolute atomic E-state index is 0.532. The lowest BCUT2D eigenvalue weighted by Crippen LogP contribution is -1.83. The number of aldehydes is 1. The number of hydrogen-bond donors (Lipinski definition) is 0. The summed E-state index contributed by atoms with van der Waals surface area (Å²) < 4.78 is 0. The van der Waals surface area contributed by atoms with Crippen molar-refractivity contribution in [1.82, 2.24) is 4.98 Å². The van der Waals surface area contributed by atoms with Crippen LogP contribution in [-0.4, -0.2) is 11.3 Å². The lowest BCUT2D eigenvalue weighted by molar-refractivity contribution is 0.112. The van der Waals surface area contributed by atoms with Gasteiger partial charge < -0.3 is 0 Å². The topological polar surface area (TPSA) is 53.8 Å². The largest absolute Gasteiger partial charge is 0.298 e. The fourth-order valence-electron chi connectivity index (χ4n) is 0.708. The molecule has 1 heterocycles. The first-order valence-corrected chi connectivity index (χ1v) is 3.34. The van der Waals surface area contributed by atoms with E-state index in [0.717, 1.165) is 6.29 Å². The SMILES string of the molecule is N#CC=Cc1ccc(C=O)cn1. The van der Waals surface area contributed by atoms with Crippen LogP contribution in [0.1, 0.15) is 16.1 Å². The highest BCUT2D eigenvalue weighted by atomic mass is 16.1. The quantitative estimate of drug-likeness (QED) is 0.483. The van der Waals surface area contributed by atoms with Crippen LogP contribution in [0, 0.1) is 11.3 Å². The van der Waals surface area contributed by atoms with Crippen LogP contribution >= 0.6 is 0 Å². The number of carbonyl (C=O) groups is 1. The summed E-state index contributed by atoms with van der Waals surface area (Å²) in [7, 11) is 0. The number of allylic oxidation sites excluding steroid dienone is 1. The molecule has 3 nitrogen and oxygen atoms in total. The van der Waals surface area contributed by atoms with Gasteiger partial charge in [-0.25, -0.2) is 0 Å². The molecule has 0 N–H and O–H groups in total. The smallest absolute Gasteiger partial charge is 0.151 e. The molecule has 0 aromatic carbocycles. The predicted octanol–water partition coefficient (Wildman–Crippen LogP) is 1.43. The van der Waals surface area contributed by atoms with Gasteiger partial charge in [-0.1, -0.05) is 0 Å². The maximum atomic E-state index is 10.2. The molecule has 0 spiro atoms. The molecule has 0 saturated heterocycles. The van der Waals surface area contributed by atoms with Crippen molar-refractivity contribution in [2.24, 2.45) is 0 Å². The Morgan fingerprint density at radius 1 is 1.50 bits per heavy atom. The zero-order valence-corrected chi connectivity index (χ0v) is 6.27. The molecule has 0 bridgehead atoms. The highest BCUT2D eigenvalue weighted by Gasteiger charge is 1.89. The predicted molar refractivity (Wildman–Crippen MR) is 44.3 cm³/mol. The van der Waals surface area contributed by atoms with Gasteiger partial charge in [0.2, 0.25) is 0 Å².